The van der Waals surface area contributed by atoms with E-state index in [0.717, 1.165) is 12.8 Å². The van der Waals surface area contributed by atoms with Gasteiger partial charge in [0.2, 0.25) is 10.0 Å². The number of nitrogens with two attached hydrogens (primary N) is 1. The van der Waals surface area contributed by atoms with E-state index in [-0.39, 0.29) is 16.7 Å². The number of hydrogen-bond donors (Lipinski definition) is 2. The Morgan fingerprint density at radius 1 is 1.25 bits per heavy atom. The highest BCUT2D eigenvalue weighted by Gasteiger charge is 2.23. The van der Waals surface area contributed by atoms with Crippen LogP contribution in [-0.2, 0) is 10.0 Å². The highest BCUT2D eigenvalue weighted by molar-refractivity contribution is 7.89. The van der Waals surface area contributed by atoms with Gasteiger partial charge >= 0.3 is 0 Å². The van der Waals surface area contributed by atoms with Gasteiger partial charge in [-0.2, -0.15) is 0 Å². The molecule has 134 valence electrons. The molecular weight excluding hydrogens is 326 g/mol. The molecule has 1 saturated heterocycles. The summed E-state index contributed by atoms with van der Waals surface area (Å²) in [6, 6.07) is 6.15. The summed E-state index contributed by atoms with van der Waals surface area (Å²) in [4.78, 5) is 14.5. The third-order valence-electron chi connectivity index (χ3n) is 4.33. The molecule has 0 saturated carbocycles. The largest absolute Gasteiger partial charge is 0.339 e. The molecule has 0 radical (unpaired) electrons. The Labute approximate surface area is 144 Å². The van der Waals surface area contributed by atoms with E-state index in [4.69, 9.17) is 5.73 Å². The van der Waals surface area contributed by atoms with E-state index in [1.807, 2.05) is 18.7 Å². The van der Waals surface area contributed by atoms with Gasteiger partial charge in [0.25, 0.3) is 5.91 Å². The number of likely N-dealkylation sites (tertiary alicyclic amines) is 1. The van der Waals surface area contributed by atoms with Gasteiger partial charge in [0.1, 0.15) is 0 Å². The zero-order chi connectivity index (χ0) is 17.7. The van der Waals surface area contributed by atoms with Crippen molar-refractivity contribution in [3.05, 3.63) is 29.8 Å². The first-order valence-corrected chi connectivity index (χ1v) is 9.91. The van der Waals surface area contributed by atoms with Gasteiger partial charge in [0.05, 0.1) is 4.90 Å². The summed E-state index contributed by atoms with van der Waals surface area (Å²) in [5.41, 5.74) is 6.19. The molecule has 1 fully saturated rings. The SMILES string of the molecule is CC(C)CNS(=O)(=O)c1ccc(C(=O)N2CCC(CN)CC2)cc1. The lowest BCUT2D eigenvalue weighted by atomic mass is 9.96. The molecule has 0 spiro atoms. The molecule has 1 heterocycles. The topological polar surface area (TPSA) is 92.5 Å². The van der Waals surface area contributed by atoms with Crippen molar-refractivity contribution >= 4 is 15.9 Å². The Morgan fingerprint density at radius 2 is 1.83 bits per heavy atom. The van der Waals surface area contributed by atoms with Gasteiger partial charge in [0.15, 0.2) is 0 Å². The van der Waals surface area contributed by atoms with Crippen LogP contribution in [0.2, 0.25) is 0 Å². The van der Waals surface area contributed by atoms with Crippen LogP contribution in [0.15, 0.2) is 29.2 Å². The van der Waals surface area contributed by atoms with Gasteiger partial charge in [-0.1, -0.05) is 13.8 Å². The molecule has 0 aromatic heterocycles. The molecule has 24 heavy (non-hydrogen) atoms. The summed E-state index contributed by atoms with van der Waals surface area (Å²) in [6.07, 6.45) is 1.85. The predicted molar refractivity (Wildman–Crippen MR) is 94.2 cm³/mol. The van der Waals surface area contributed by atoms with Gasteiger partial charge in [-0.05, 0) is 55.5 Å². The number of benzene rings is 1. The minimum atomic E-state index is -3.52. The smallest absolute Gasteiger partial charge is 0.253 e. The zero-order valence-corrected chi connectivity index (χ0v) is 15.2. The van der Waals surface area contributed by atoms with Crippen LogP contribution in [0.5, 0.6) is 0 Å². The normalized spacial score (nSPS) is 16.6. The Morgan fingerprint density at radius 3 is 2.33 bits per heavy atom. The van der Waals surface area contributed by atoms with Crippen molar-refractivity contribution in [2.75, 3.05) is 26.2 Å². The number of sulfonamides is 1. The van der Waals surface area contributed by atoms with E-state index in [9.17, 15) is 13.2 Å². The van der Waals surface area contributed by atoms with E-state index in [2.05, 4.69) is 4.72 Å². The fourth-order valence-electron chi connectivity index (χ4n) is 2.69. The minimum Gasteiger partial charge on any atom is -0.339 e. The molecular formula is C17H27N3O3S. The first-order chi connectivity index (χ1) is 11.3. The van der Waals surface area contributed by atoms with E-state index in [1.165, 1.54) is 12.1 Å². The van der Waals surface area contributed by atoms with Gasteiger partial charge in [-0.15, -0.1) is 0 Å². The maximum atomic E-state index is 12.5. The van der Waals surface area contributed by atoms with Crippen LogP contribution >= 0.6 is 0 Å². The van der Waals surface area contributed by atoms with E-state index in [0.29, 0.717) is 37.7 Å². The summed E-state index contributed by atoms with van der Waals surface area (Å²) >= 11 is 0. The maximum Gasteiger partial charge on any atom is 0.253 e. The van der Waals surface area contributed by atoms with E-state index < -0.39 is 10.0 Å². The lowest BCUT2D eigenvalue weighted by Crippen LogP contribution is -2.40. The maximum absolute atomic E-state index is 12.5. The van der Waals surface area contributed by atoms with Crippen molar-refractivity contribution in [1.82, 2.24) is 9.62 Å². The molecule has 7 heteroatoms. The Bertz CT molecular complexity index is 648. The number of rotatable bonds is 6. The molecule has 0 aliphatic carbocycles. The quantitative estimate of drug-likeness (QED) is 0.809. The van der Waals surface area contributed by atoms with Gasteiger partial charge in [-0.3, -0.25) is 4.79 Å². The third kappa shape index (κ3) is 4.78. The molecule has 0 bridgehead atoms. The van der Waals surface area contributed by atoms with Gasteiger partial charge < -0.3 is 10.6 Å². The van der Waals surface area contributed by atoms with Crippen LogP contribution < -0.4 is 10.5 Å². The van der Waals surface area contributed by atoms with Crippen molar-refractivity contribution in [2.45, 2.75) is 31.6 Å². The molecule has 1 aromatic rings. The second kappa shape index (κ2) is 8.09. The Hall–Kier alpha value is -1.44. The Balaban J connectivity index is 2.02. The zero-order valence-electron chi connectivity index (χ0n) is 14.4. The summed E-state index contributed by atoms with van der Waals surface area (Å²) in [7, 11) is -3.52. The highest BCUT2D eigenvalue weighted by Crippen LogP contribution is 2.19. The van der Waals surface area contributed by atoms with Crippen LogP contribution in [0.1, 0.15) is 37.0 Å². The summed E-state index contributed by atoms with van der Waals surface area (Å²) in [6.45, 7) is 6.35. The average Bonchev–Trinajstić information content (AvgIpc) is 2.59. The van der Waals surface area contributed by atoms with Gasteiger partial charge in [-0.25, -0.2) is 13.1 Å². The predicted octanol–water partition coefficient (Wildman–Crippen LogP) is 1.43. The molecule has 1 aliphatic heterocycles. The first-order valence-electron chi connectivity index (χ1n) is 8.42. The van der Waals surface area contributed by atoms with Crippen LogP contribution in [-0.4, -0.2) is 45.4 Å². The standard InChI is InChI=1S/C17H27N3O3S/c1-13(2)12-19-24(22,23)16-5-3-15(4-6-16)17(21)20-9-7-14(11-18)8-10-20/h3-6,13-14,19H,7-12,18H2,1-2H3. The van der Waals surface area contributed by atoms with Crippen LogP contribution in [0.25, 0.3) is 0 Å². The molecule has 3 N–H and O–H groups in total. The molecule has 1 amide bonds. The lowest BCUT2D eigenvalue weighted by molar-refractivity contribution is 0.0693. The summed E-state index contributed by atoms with van der Waals surface area (Å²) < 4.78 is 26.9. The number of carbonyl (C=O) groups excluding carboxylic acids is 1. The van der Waals surface area contributed by atoms with Gasteiger partial charge in [0, 0.05) is 25.2 Å². The first kappa shape index (κ1) is 18.9. The lowest BCUT2D eigenvalue weighted by Gasteiger charge is -2.31. The second-order valence-corrected chi connectivity index (χ2v) is 8.51. The average molecular weight is 353 g/mol. The van der Waals surface area contributed by atoms with E-state index >= 15 is 0 Å². The number of carbonyl (C=O) groups is 1. The molecule has 1 aromatic carbocycles. The molecule has 1 aliphatic rings. The minimum absolute atomic E-state index is 0.0513. The van der Waals surface area contributed by atoms with Crippen molar-refractivity contribution < 1.29 is 13.2 Å². The summed E-state index contributed by atoms with van der Waals surface area (Å²) in [5.74, 6) is 0.676. The summed E-state index contributed by atoms with van der Waals surface area (Å²) in [5, 5.41) is 0. The number of nitrogens with one attached hydrogen (secondary N) is 1. The van der Waals surface area contributed by atoms with Crippen molar-refractivity contribution in [3.8, 4) is 0 Å². The molecule has 2 rings (SSSR count). The number of nitrogens with zero attached hydrogens (tertiary/aromatic N) is 1. The van der Waals surface area contributed by atoms with Crippen LogP contribution in [0.4, 0.5) is 0 Å². The van der Waals surface area contributed by atoms with Crippen molar-refractivity contribution in [1.29, 1.82) is 0 Å². The fraction of sp³-hybridized carbons (Fsp3) is 0.588. The fourth-order valence-corrected chi connectivity index (χ4v) is 3.90. The second-order valence-electron chi connectivity index (χ2n) is 6.74. The number of piperidine rings is 1. The Kier molecular flexibility index (Phi) is 6.37. The van der Waals surface area contributed by atoms with E-state index in [1.54, 1.807) is 12.1 Å². The van der Waals surface area contributed by atoms with Crippen molar-refractivity contribution in [2.24, 2.45) is 17.6 Å². The molecule has 0 unspecified atom stereocenters. The van der Waals surface area contributed by atoms with Crippen LogP contribution in [0, 0.1) is 11.8 Å². The van der Waals surface area contributed by atoms with Crippen molar-refractivity contribution in [3.63, 3.8) is 0 Å². The number of amides is 1. The third-order valence-corrected chi connectivity index (χ3v) is 5.77. The number of hydrogen-bond acceptors (Lipinski definition) is 4. The van der Waals surface area contributed by atoms with Crippen LogP contribution in [0.3, 0.4) is 0 Å². The monoisotopic (exact) mass is 353 g/mol. The highest BCUT2D eigenvalue weighted by atomic mass is 32.2. The molecule has 0 atom stereocenters. The molecule has 6 nitrogen and oxygen atoms in total.